The predicted octanol–water partition coefficient (Wildman–Crippen LogP) is 4.24. The van der Waals surface area contributed by atoms with Crippen LogP contribution in [0.1, 0.15) is 60.9 Å². The fraction of sp³-hybridized carbons (Fsp3) is 0.440. The van der Waals surface area contributed by atoms with Crippen LogP contribution >= 0.6 is 0 Å². The summed E-state index contributed by atoms with van der Waals surface area (Å²) in [6, 6.07) is 14.4. The lowest BCUT2D eigenvalue weighted by Gasteiger charge is -2.23. The molecule has 8 heteroatoms. The summed E-state index contributed by atoms with van der Waals surface area (Å²) in [5, 5.41) is 5.90. The molecule has 0 bridgehead atoms. The number of carbonyl (C=O) groups excluding carboxylic acids is 2. The minimum Gasteiger partial charge on any atom is -0.349 e. The first-order valence-electron chi connectivity index (χ1n) is 11.5. The first-order chi connectivity index (χ1) is 15.7. The van der Waals surface area contributed by atoms with Crippen molar-refractivity contribution in [3.8, 4) is 0 Å². The topological polar surface area (TPSA) is 95.6 Å². The lowest BCUT2D eigenvalue weighted by Crippen LogP contribution is -2.36. The van der Waals surface area contributed by atoms with Gasteiger partial charge in [-0.25, -0.2) is 8.42 Å². The van der Waals surface area contributed by atoms with Gasteiger partial charge in [0.2, 0.25) is 15.9 Å². The summed E-state index contributed by atoms with van der Waals surface area (Å²) in [7, 11) is -3.48. The quantitative estimate of drug-likeness (QED) is 0.572. The van der Waals surface area contributed by atoms with Crippen molar-refractivity contribution in [2.24, 2.45) is 0 Å². The molecule has 1 aliphatic rings. The number of benzene rings is 2. The molecule has 0 unspecified atom stereocenters. The molecule has 178 valence electrons. The Bertz CT molecular complexity index is 1080. The molecule has 1 saturated carbocycles. The van der Waals surface area contributed by atoms with Gasteiger partial charge in [0, 0.05) is 19.0 Å². The molecule has 1 fully saturated rings. The van der Waals surface area contributed by atoms with E-state index in [-0.39, 0.29) is 30.8 Å². The summed E-state index contributed by atoms with van der Waals surface area (Å²) in [5.74, 6) is -0.439. The molecule has 0 radical (unpaired) electrons. The highest BCUT2D eigenvalue weighted by molar-refractivity contribution is 7.92. The Hall–Kier alpha value is -2.87. The van der Waals surface area contributed by atoms with Crippen LogP contribution in [0.15, 0.2) is 48.5 Å². The maximum atomic E-state index is 12.8. The molecule has 2 aromatic carbocycles. The zero-order valence-corrected chi connectivity index (χ0v) is 20.2. The van der Waals surface area contributed by atoms with E-state index in [0.717, 1.165) is 37.5 Å². The standard InChI is InChI=1S/C25H33N3O4S/c1-19-10-8-13-21(18-19)28(33(2,31)32)17-9-16-24(29)27-23-15-7-6-14-22(23)25(30)26-20-11-4-3-5-12-20/h6-8,10,13-15,18,20H,3-5,9,11-12,16-17H2,1-2H3,(H,26,30)(H,27,29). The van der Waals surface area contributed by atoms with Gasteiger partial charge in [-0.1, -0.05) is 43.5 Å². The van der Waals surface area contributed by atoms with Crippen LogP contribution in [0.5, 0.6) is 0 Å². The van der Waals surface area contributed by atoms with Gasteiger partial charge in [0.25, 0.3) is 5.91 Å². The number of sulfonamides is 1. The number of nitrogens with one attached hydrogen (secondary N) is 2. The van der Waals surface area contributed by atoms with Gasteiger partial charge in [-0.2, -0.15) is 0 Å². The van der Waals surface area contributed by atoms with E-state index in [4.69, 9.17) is 0 Å². The maximum Gasteiger partial charge on any atom is 0.253 e. The molecule has 2 aromatic rings. The Kier molecular flexibility index (Phi) is 8.49. The summed E-state index contributed by atoms with van der Waals surface area (Å²) in [6.07, 6.45) is 7.07. The Labute approximate surface area is 196 Å². The van der Waals surface area contributed by atoms with Crippen LogP contribution in [-0.2, 0) is 14.8 Å². The van der Waals surface area contributed by atoms with Crippen LogP contribution in [0.3, 0.4) is 0 Å². The first-order valence-corrected chi connectivity index (χ1v) is 13.3. The van der Waals surface area contributed by atoms with E-state index in [1.807, 2.05) is 25.1 Å². The molecule has 1 aliphatic carbocycles. The van der Waals surface area contributed by atoms with Crippen molar-refractivity contribution in [3.63, 3.8) is 0 Å². The van der Waals surface area contributed by atoms with E-state index in [0.29, 0.717) is 23.4 Å². The molecule has 0 aromatic heterocycles. The van der Waals surface area contributed by atoms with Crippen molar-refractivity contribution in [3.05, 3.63) is 59.7 Å². The SMILES string of the molecule is Cc1cccc(N(CCCC(=O)Nc2ccccc2C(=O)NC2CCCCC2)S(C)(=O)=O)c1. The van der Waals surface area contributed by atoms with Crippen molar-refractivity contribution >= 4 is 33.2 Å². The second kappa shape index (κ2) is 11.3. The molecule has 2 amide bonds. The molecular formula is C25H33N3O4S. The Balaban J connectivity index is 1.59. The van der Waals surface area contributed by atoms with Gasteiger partial charge in [-0.3, -0.25) is 13.9 Å². The predicted molar refractivity (Wildman–Crippen MR) is 132 cm³/mol. The van der Waals surface area contributed by atoms with Gasteiger partial charge >= 0.3 is 0 Å². The minimum absolute atomic E-state index is 0.135. The summed E-state index contributed by atoms with van der Waals surface area (Å²) in [4.78, 5) is 25.4. The zero-order chi connectivity index (χ0) is 23.8. The largest absolute Gasteiger partial charge is 0.349 e. The Morgan fingerprint density at radius 2 is 1.76 bits per heavy atom. The molecule has 0 saturated heterocycles. The number of anilines is 2. The van der Waals surface area contributed by atoms with Crippen LogP contribution in [0.25, 0.3) is 0 Å². The second-order valence-corrected chi connectivity index (χ2v) is 10.6. The molecule has 7 nitrogen and oxygen atoms in total. The number of amides is 2. The number of nitrogens with zero attached hydrogens (tertiary/aromatic N) is 1. The van der Waals surface area contributed by atoms with Crippen molar-refractivity contribution in [1.29, 1.82) is 0 Å². The molecule has 0 atom stereocenters. The molecular weight excluding hydrogens is 438 g/mol. The highest BCUT2D eigenvalue weighted by Crippen LogP contribution is 2.21. The van der Waals surface area contributed by atoms with Gasteiger partial charge in [-0.05, 0) is 56.0 Å². The van der Waals surface area contributed by atoms with E-state index >= 15 is 0 Å². The molecule has 0 aliphatic heterocycles. The van der Waals surface area contributed by atoms with Crippen molar-refractivity contribution in [2.45, 2.75) is 57.9 Å². The fourth-order valence-electron chi connectivity index (χ4n) is 4.17. The van der Waals surface area contributed by atoms with E-state index in [1.165, 1.54) is 10.7 Å². The smallest absolute Gasteiger partial charge is 0.253 e. The Morgan fingerprint density at radius 3 is 2.45 bits per heavy atom. The second-order valence-electron chi connectivity index (χ2n) is 8.68. The third kappa shape index (κ3) is 7.32. The lowest BCUT2D eigenvalue weighted by molar-refractivity contribution is -0.116. The average Bonchev–Trinajstić information content (AvgIpc) is 2.77. The summed E-state index contributed by atoms with van der Waals surface area (Å²) >= 11 is 0. The van der Waals surface area contributed by atoms with Crippen LogP contribution in [-0.4, -0.2) is 39.1 Å². The van der Waals surface area contributed by atoms with E-state index in [1.54, 1.807) is 30.3 Å². The van der Waals surface area contributed by atoms with Gasteiger partial charge in [0.05, 0.1) is 23.2 Å². The third-order valence-corrected chi connectivity index (χ3v) is 7.04. The minimum atomic E-state index is -3.48. The van der Waals surface area contributed by atoms with Gasteiger partial charge in [-0.15, -0.1) is 0 Å². The van der Waals surface area contributed by atoms with Crippen LogP contribution < -0.4 is 14.9 Å². The number of rotatable bonds is 9. The Morgan fingerprint density at radius 1 is 1.03 bits per heavy atom. The third-order valence-electron chi connectivity index (χ3n) is 5.84. The van der Waals surface area contributed by atoms with Crippen molar-refractivity contribution in [2.75, 3.05) is 22.4 Å². The molecule has 2 N–H and O–H groups in total. The summed E-state index contributed by atoms with van der Waals surface area (Å²) < 4.78 is 25.9. The summed E-state index contributed by atoms with van der Waals surface area (Å²) in [6.45, 7) is 2.10. The molecule has 3 rings (SSSR count). The number of hydrogen-bond donors (Lipinski definition) is 2. The highest BCUT2D eigenvalue weighted by atomic mass is 32.2. The zero-order valence-electron chi connectivity index (χ0n) is 19.3. The maximum absolute atomic E-state index is 12.8. The average molecular weight is 472 g/mol. The fourth-order valence-corrected chi connectivity index (χ4v) is 5.12. The van der Waals surface area contributed by atoms with Gasteiger partial charge in [0.1, 0.15) is 0 Å². The number of hydrogen-bond acceptors (Lipinski definition) is 4. The normalized spacial score (nSPS) is 14.5. The van der Waals surface area contributed by atoms with E-state index in [9.17, 15) is 18.0 Å². The first kappa shape index (κ1) is 24.8. The van der Waals surface area contributed by atoms with Crippen molar-refractivity contribution in [1.82, 2.24) is 5.32 Å². The number of aryl methyl sites for hydroxylation is 1. The molecule has 33 heavy (non-hydrogen) atoms. The van der Waals surface area contributed by atoms with Gasteiger partial charge in [0.15, 0.2) is 0 Å². The number of carbonyl (C=O) groups is 2. The van der Waals surface area contributed by atoms with Crippen LogP contribution in [0.2, 0.25) is 0 Å². The summed E-state index contributed by atoms with van der Waals surface area (Å²) in [5.41, 5.74) is 2.45. The van der Waals surface area contributed by atoms with Crippen LogP contribution in [0, 0.1) is 6.92 Å². The molecule has 0 heterocycles. The highest BCUT2D eigenvalue weighted by Gasteiger charge is 2.20. The monoisotopic (exact) mass is 471 g/mol. The molecule has 0 spiro atoms. The van der Waals surface area contributed by atoms with Gasteiger partial charge < -0.3 is 10.6 Å². The van der Waals surface area contributed by atoms with Crippen LogP contribution in [0.4, 0.5) is 11.4 Å². The van der Waals surface area contributed by atoms with E-state index in [2.05, 4.69) is 10.6 Å². The van der Waals surface area contributed by atoms with E-state index < -0.39 is 10.0 Å². The lowest BCUT2D eigenvalue weighted by atomic mass is 9.95. The number of para-hydroxylation sites is 1. The van der Waals surface area contributed by atoms with Crippen molar-refractivity contribution < 1.29 is 18.0 Å².